The third-order valence-electron chi connectivity index (χ3n) is 3.96. The molecule has 1 aromatic rings. The molecule has 1 atom stereocenters. The minimum absolute atomic E-state index is 0.300. The van der Waals surface area contributed by atoms with Gasteiger partial charge < -0.3 is 9.84 Å². The molecule has 4 nitrogen and oxygen atoms in total. The highest BCUT2D eigenvalue weighted by molar-refractivity contribution is 5.00. The average molecular weight is 251 g/mol. The van der Waals surface area contributed by atoms with Crippen LogP contribution in [0.2, 0.25) is 0 Å². The Kier molecular flexibility index (Phi) is 4.75. The Labute approximate surface area is 110 Å². The van der Waals surface area contributed by atoms with Gasteiger partial charge in [-0.1, -0.05) is 38.8 Å². The van der Waals surface area contributed by atoms with Gasteiger partial charge in [0.2, 0.25) is 5.89 Å². The van der Waals surface area contributed by atoms with Crippen LogP contribution < -0.4 is 5.32 Å². The van der Waals surface area contributed by atoms with Crippen molar-refractivity contribution >= 4 is 0 Å². The summed E-state index contributed by atoms with van der Waals surface area (Å²) in [7, 11) is 0. The Morgan fingerprint density at radius 3 is 2.72 bits per heavy atom. The lowest BCUT2D eigenvalue weighted by atomic mass is 9.83. The van der Waals surface area contributed by atoms with E-state index < -0.39 is 0 Å². The number of aromatic nitrogens is 2. The molecule has 102 valence electrons. The minimum Gasteiger partial charge on any atom is -0.339 e. The summed E-state index contributed by atoms with van der Waals surface area (Å²) in [6.45, 7) is 8.44. The first-order chi connectivity index (χ1) is 8.70. The summed E-state index contributed by atoms with van der Waals surface area (Å²) >= 11 is 0. The lowest BCUT2D eigenvalue weighted by molar-refractivity contribution is 0.319. The van der Waals surface area contributed by atoms with Gasteiger partial charge in [-0.3, -0.25) is 0 Å². The molecule has 1 aliphatic rings. The molecule has 1 saturated carbocycles. The van der Waals surface area contributed by atoms with Crippen LogP contribution in [-0.2, 0) is 0 Å². The van der Waals surface area contributed by atoms with Gasteiger partial charge in [-0.2, -0.15) is 4.98 Å². The lowest BCUT2D eigenvalue weighted by Crippen LogP contribution is -2.19. The van der Waals surface area contributed by atoms with Gasteiger partial charge >= 0.3 is 0 Å². The van der Waals surface area contributed by atoms with E-state index >= 15 is 0 Å². The van der Waals surface area contributed by atoms with Crippen LogP contribution in [0, 0.1) is 5.92 Å². The number of rotatable bonds is 5. The number of nitrogens with zero attached hydrogens (tertiary/aromatic N) is 2. The Morgan fingerprint density at radius 2 is 2.06 bits per heavy atom. The third kappa shape index (κ3) is 3.31. The molecule has 0 spiro atoms. The van der Waals surface area contributed by atoms with E-state index in [1.165, 1.54) is 25.7 Å². The molecule has 1 fully saturated rings. The van der Waals surface area contributed by atoms with E-state index in [0.29, 0.717) is 11.8 Å². The fraction of sp³-hybridized carbons (Fsp3) is 0.857. The van der Waals surface area contributed by atoms with E-state index in [0.717, 1.165) is 30.7 Å². The SMILES string of the molecule is CCNCC(C)c1nc(C2CCC(C)CC2)no1. The maximum absolute atomic E-state index is 5.40. The number of nitrogens with one attached hydrogen (secondary N) is 1. The predicted octanol–water partition coefficient (Wildman–Crippen LogP) is 3.08. The monoisotopic (exact) mass is 251 g/mol. The number of hydrogen-bond acceptors (Lipinski definition) is 4. The van der Waals surface area contributed by atoms with E-state index in [1.54, 1.807) is 0 Å². The van der Waals surface area contributed by atoms with Crippen LogP contribution in [0.25, 0.3) is 0 Å². The molecular weight excluding hydrogens is 226 g/mol. The fourth-order valence-electron chi connectivity index (χ4n) is 2.58. The zero-order chi connectivity index (χ0) is 13.0. The third-order valence-corrected chi connectivity index (χ3v) is 3.96. The molecule has 0 aromatic carbocycles. The smallest absolute Gasteiger partial charge is 0.230 e. The van der Waals surface area contributed by atoms with Crippen LogP contribution in [0.15, 0.2) is 4.52 Å². The maximum Gasteiger partial charge on any atom is 0.230 e. The Hall–Kier alpha value is -0.900. The van der Waals surface area contributed by atoms with Gasteiger partial charge in [-0.15, -0.1) is 0 Å². The Morgan fingerprint density at radius 1 is 1.33 bits per heavy atom. The summed E-state index contributed by atoms with van der Waals surface area (Å²) in [6, 6.07) is 0. The maximum atomic E-state index is 5.40. The Bertz CT molecular complexity index is 356. The lowest BCUT2D eigenvalue weighted by Gasteiger charge is -2.23. The topological polar surface area (TPSA) is 51.0 Å². The standard InChI is InChI=1S/C14H25N3O/c1-4-15-9-11(3)14-16-13(17-18-14)12-7-5-10(2)6-8-12/h10-12,15H,4-9H2,1-3H3. The first-order valence-corrected chi connectivity index (χ1v) is 7.25. The van der Waals surface area contributed by atoms with Crippen LogP contribution in [-0.4, -0.2) is 23.2 Å². The highest BCUT2D eigenvalue weighted by Gasteiger charge is 2.24. The summed E-state index contributed by atoms with van der Waals surface area (Å²) in [4.78, 5) is 4.59. The molecule has 0 radical (unpaired) electrons. The largest absolute Gasteiger partial charge is 0.339 e. The molecule has 1 N–H and O–H groups in total. The van der Waals surface area contributed by atoms with E-state index in [4.69, 9.17) is 4.52 Å². The van der Waals surface area contributed by atoms with Gasteiger partial charge in [-0.25, -0.2) is 0 Å². The molecule has 0 saturated heterocycles. The predicted molar refractivity (Wildman–Crippen MR) is 71.6 cm³/mol. The van der Waals surface area contributed by atoms with Crippen LogP contribution in [0.4, 0.5) is 0 Å². The molecule has 1 heterocycles. The van der Waals surface area contributed by atoms with Crippen LogP contribution in [0.3, 0.4) is 0 Å². The van der Waals surface area contributed by atoms with Crippen molar-refractivity contribution in [2.24, 2.45) is 5.92 Å². The molecule has 2 rings (SSSR count). The van der Waals surface area contributed by atoms with Crippen LogP contribution in [0.1, 0.15) is 70.0 Å². The molecule has 1 aliphatic carbocycles. The van der Waals surface area contributed by atoms with Crippen molar-refractivity contribution < 1.29 is 4.52 Å². The molecule has 4 heteroatoms. The quantitative estimate of drug-likeness (QED) is 0.873. The molecule has 0 bridgehead atoms. The first-order valence-electron chi connectivity index (χ1n) is 7.25. The van der Waals surface area contributed by atoms with Crippen molar-refractivity contribution in [1.29, 1.82) is 0 Å². The fourth-order valence-corrected chi connectivity index (χ4v) is 2.58. The van der Waals surface area contributed by atoms with Gasteiger partial charge in [0.25, 0.3) is 0 Å². The van der Waals surface area contributed by atoms with Gasteiger partial charge in [0.05, 0.1) is 0 Å². The average Bonchev–Trinajstić information content (AvgIpc) is 2.86. The van der Waals surface area contributed by atoms with Crippen LogP contribution >= 0.6 is 0 Å². The number of hydrogen-bond donors (Lipinski definition) is 1. The summed E-state index contributed by atoms with van der Waals surface area (Å²) in [5.41, 5.74) is 0. The first kappa shape index (κ1) is 13.5. The van der Waals surface area contributed by atoms with Crippen molar-refractivity contribution in [3.63, 3.8) is 0 Å². The van der Waals surface area contributed by atoms with Gasteiger partial charge in [0, 0.05) is 18.4 Å². The summed E-state index contributed by atoms with van der Waals surface area (Å²) < 4.78 is 5.40. The molecule has 18 heavy (non-hydrogen) atoms. The van der Waals surface area contributed by atoms with Crippen molar-refractivity contribution in [3.05, 3.63) is 11.7 Å². The van der Waals surface area contributed by atoms with Crippen molar-refractivity contribution in [3.8, 4) is 0 Å². The van der Waals surface area contributed by atoms with E-state index in [2.05, 4.69) is 36.2 Å². The Balaban J connectivity index is 1.93. The van der Waals surface area contributed by atoms with E-state index in [1.807, 2.05) is 0 Å². The number of likely N-dealkylation sites (N-methyl/N-ethyl adjacent to an activating group) is 1. The van der Waals surface area contributed by atoms with Crippen molar-refractivity contribution in [1.82, 2.24) is 15.5 Å². The van der Waals surface area contributed by atoms with Gasteiger partial charge in [0.15, 0.2) is 5.82 Å². The normalized spacial score (nSPS) is 26.2. The summed E-state index contributed by atoms with van der Waals surface area (Å²) in [5.74, 6) is 3.39. The van der Waals surface area contributed by atoms with Crippen molar-refractivity contribution in [2.45, 2.75) is 58.3 Å². The zero-order valence-electron chi connectivity index (χ0n) is 11.8. The van der Waals surface area contributed by atoms with Crippen LogP contribution in [0.5, 0.6) is 0 Å². The van der Waals surface area contributed by atoms with E-state index in [9.17, 15) is 0 Å². The summed E-state index contributed by atoms with van der Waals surface area (Å²) in [5, 5.41) is 7.49. The second-order valence-corrected chi connectivity index (χ2v) is 5.66. The minimum atomic E-state index is 0.300. The van der Waals surface area contributed by atoms with Gasteiger partial charge in [-0.05, 0) is 25.3 Å². The molecule has 0 aliphatic heterocycles. The highest BCUT2D eigenvalue weighted by atomic mass is 16.5. The van der Waals surface area contributed by atoms with Crippen molar-refractivity contribution in [2.75, 3.05) is 13.1 Å². The summed E-state index contributed by atoms with van der Waals surface area (Å²) in [6.07, 6.45) is 5.01. The second kappa shape index (κ2) is 6.32. The molecule has 0 amide bonds. The highest BCUT2D eigenvalue weighted by Crippen LogP contribution is 2.34. The zero-order valence-corrected chi connectivity index (χ0v) is 11.8. The van der Waals surface area contributed by atoms with E-state index in [-0.39, 0.29) is 0 Å². The second-order valence-electron chi connectivity index (χ2n) is 5.66. The molecule has 1 aromatic heterocycles. The van der Waals surface area contributed by atoms with Gasteiger partial charge in [0.1, 0.15) is 0 Å². The molecule has 1 unspecified atom stereocenters. The molecular formula is C14H25N3O.